The van der Waals surface area contributed by atoms with Crippen LogP contribution in [-0.4, -0.2) is 0 Å². The SMILES string of the molecule is CCCCC1=CC(C(C)C)=C(C(C)C)C1. The molecule has 0 aromatic heterocycles. The molecule has 86 valence electrons. The molecule has 0 fully saturated rings. The molecule has 0 N–H and O–H groups in total. The van der Waals surface area contributed by atoms with E-state index in [0.29, 0.717) is 5.92 Å². The van der Waals surface area contributed by atoms with E-state index in [1.165, 1.54) is 25.7 Å². The molecule has 0 unspecified atom stereocenters. The molecule has 1 aliphatic rings. The summed E-state index contributed by atoms with van der Waals surface area (Å²) in [5.41, 5.74) is 4.98. The first kappa shape index (κ1) is 12.5. The van der Waals surface area contributed by atoms with Gasteiger partial charge in [-0.15, -0.1) is 0 Å². The summed E-state index contributed by atoms with van der Waals surface area (Å²) in [6.07, 6.45) is 7.71. The van der Waals surface area contributed by atoms with Gasteiger partial charge in [0.25, 0.3) is 0 Å². The zero-order valence-corrected chi connectivity index (χ0v) is 11.1. The number of allylic oxidation sites excluding steroid dienone is 4. The minimum Gasteiger partial charge on any atom is -0.0659 e. The molecule has 0 aromatic carbocycles. The lowest BCUT2D eigenvalue weighted by Gasteiger charge is -2.13. The molecule has 0 aliphatic heterocycles. The summed E-state index contributed by atoms with van der Waals surface area (Å²) in [7, 11) is 0. The summed E-state index contributed by atoms with van der Waals surface area (Å²) in [6, 6.07) is 0. The van der Waals surface area contributed by atoms with Gasteiger partial charge in [-0.25, -0.2) is 0 Å². The van der Waals surface area contributed by atoms with Gasteiger partial charge in [0.05, 0.1) is 0 Å². The molecular weight excluding hydrogens is 180 g/mol. The molecular formula is C15H26. The Hall–Kier alpha value is -0.520. The number of hydrogen-bond acceptors (Lipinski definition) is 0. The molecule has 0 radical (unpaired) electrons. The van der Waals surface area contributed by atoms with Crippen molar-refractivity contribution in [3.05, 3.63) is 22.8 Å². The topological polar surface area (TPSA) is 0 Å². The van der Waals surface area contributed by atoms with Crippen molar-refractivity contribution >= 4 is 0 Å². The maximum absolute atomic E-state index is 2.48. The van der Waals surface area contributed by atoms with Crippen molar-refractivity contribution in [3.8, 4) is 0 Å². The van der Waals surface area contributed by atoms with Gasteiger partial charge in [-0.3, -0.25) is 0 Å². The predicted molar refractivity (Wildman–Crippen MR) is 68.9 cm³/mol. The minimum absolute atomic E-state index is 0.696. The first-order valence-corrected chi connectivity index (χ1v) is 6.48. The van der Waals surface area contributed by atoms with E-state index in [1.54, 1.807) is 16.7 Å². The fourth-order valence-corrected chi connectivity index (χ4v) is 2.35. The summed E-state index contributed by atoms with van der Waals surface area (Å²) >= 11 is 0. The molecule has 0 atom stereocenters. The van der Waals surface area contributed by atoms with Crippen molar-refractivity contribution < 1.29 is 0 Å². The zero-order valence-electron chi connectivity index (χ0n) is 11.1. The molecule has 0 aromatic rings. The van der Waals surface area contributed by atoms with Crippen LogP contribution in [0.25, 0.3) is 0 Å². The second-order valence-corrected chi connectivity index (χ2v) is 5.37. The summed E-state index contributed by atoms with van der Waals surface area (Å²) < 4.78 is 0. The molecule has 0 saturated heterocycles. The third-order valence-electron chi connectivity index (χ3n) is 3.32. The molecule has 0 bridgehead atoms. The van der Waals surface area contributed by atoms with Gasteiger partial charge in [0.15, 0.2) is 0 Å². The average Bonchev–Trinajstić information content (AvgIpc) is 2.58. The predicted octanol–water partition coefficient (Wildman–Crippen LogP) is 5.12. The van der Waals surface area contributed by atoms with Gasteiger partial charge in [0, 0.05) is 0 Å². The van der Waals surface area contributed by atoms with Crippen molar-refractivity contribution in [3.63, 3.8) is 0 Å². The zero-order chi connectivity index (χ0) is 11.4. The summed E-state index contributed by atoms with van der Waals surface area (Å²) in [4.78, 5) is 0. The Labute approximate surface area is 95.5 Å². The molecule has 0 heterocycles. The normalized spacial score (nSPS) is 16.9. The molecule has 1 aliphatic carbocycles. The van der Waals surface area contributed by atoms with Gasteiger partial charge in [-0.2, -0.15) is 0 Å². The molecule has 1 rings (SSSR count). The van der Waals surface area contributed by atoms with E-state index in [2.05, 4.69) is 40.7 Å². The Bertz CT molecular complexity index is 264. The van der Waals surface area contributed by atoms with Crippen LogP contribution in [-0.2, 0) is 0 Å². The van der Waals surface area contributed by atoms with Gasteiger partial charge in [0.1, 0.15) is 0 Å². The smallest absolute Gasteiger partial charge is 0.00967 e. The first-order chi connectivity index (χ1) is 7.06. The third-order valence-corrected chi connectivity index (χ3v) is 3.32. The number of unbranched alkanes of at least 4 members (excludes halogenated alkanes) is 1. The van der Waals surface area contributed by atoms with Crippen molar-refractivity contribution in [1.82, 2.24) is 0 Å². The van der Waals surface area contributed by atoms with Gasteiger partial charge >= 0.3 is 0 Å². The van der Waals surface area contributed by atoms with Crippen molar-refractivity contribution in [2.24, 2.45) is 11.8 Å². The first-order valence-electron chi connectivity index (χ1n) is 6.48. The molecule has 15 heavy (non-hydrogen) atoms. The van der Waals surface area contributed by atoms with Crippen molar-refractivity contribution in [2.45, 2.75) is 60.3 Å². The van der Waals surface area contributed by atoms with Crippen LogP contribution in [0.2, 0.25) is 0 Å². The van der Waals surface area contributed by atoms with Crippen LogP contribution < -0.4 is 0 Å². The van der Waals surface area contributed by atoms with Crippen LogP contribution in [0.4, 0.5) is 0 Å². The van der Waals surface area contributed by atoms with Gasteiger partial charge in [-0.1, -0.05) is 58.3 Å². The average molecular weight is 206 g/mol. The molecule has 0 amide bonds. The summed E-state index contributed by atoms with van der Waals surface area (Å²) in [5, 5.41) is 0. The van der Waals surface area contributed by atoms with Crippen LogP contribution in [0.1, 0.15) is 60.3 Å². The van der Waals surface area contributed by atoms with Crippen molar-refractivity contribution in [1.29, 1.82) is 0 Å². The maximum Gasteiger partial charge on any atom is -0.00967 e. The number of hydrogen-bond donors (Lipinski definition) is 0. The van der Waals surface area contributed by atoms with E-state index < -0.39 is 0 Å². The third kappa shape index (κ3) is 3.22. The van der Waals surface area contributed by atoms with Crippen LogP contribution in [0, 0.1) is 11.8 Å². The maximum atomic E-state index is 2.48. The largest absolute Gasteiger partial charge is 0.0659 e. The van der Waals surface area contributed by atoms with Crippen LogP contribution in [0.5, 0.6) is 0 Å². The van der Waals surface area contributed by atoms with E-state index in [9.17, 15) is 0 Å². The molecule has 0 saturated carbocycles. The Morgan fingerprint density at radius 2 is 1.80 bits per heavy atom. The lowest BCUT2D eigenvalue weighted by atomic mass is 9.92. The van der Waals surface area contributed by atoms with E-state index in [4.69, 9.17) is 0 Å². The highest BCUT2D eigenvalue weighted by atomic mass is 14.2. The monoisotopic (exact) mass is 206 g/mol. The Morgan fingerprint density at radius 1 is 1.13 bits per heavy atom. The Morgan fingerprint density at radius 3 is 2.20 bits per heavy atom. The van der Waals surface area contributed by atoms with Crippen LogP contribution in [0.3, 0.4) is 0 Å². The van der Waals surface area contributed by atoms with E-state index in [-0.39, 0.29) is 0 Å². The fourth-order valence-electron chi connectivity index (χ4n) is 2.35. The lowest BCUT2D eigenvalue weighted by molar-refractivity contribution is 0.691. The summed E-state index contributed by atoms with van der Waals surface area (Å²) in [6.45, 7) is 11.6. The van der Waals surface area contributed by atoms with E-state index >= 15 is 0 Å². The molecule has 0 heteroatoms. The van der Waals surface area contributed by atoms with Crippen LogP contribution >= 0.6 is 0 Å². The quantitative estimate of drug-likeness (QED) is 0.586. The standard InChI is InChI=1S/C15H26/c1-6-7-8-13-9-14(11(2)3)15(10-13)12(4)5/h9,11-12H,6-8,10H2,1-5H3. The van der Waals surface area contributed by atoms with Crippen LogP contribution in [0.15, 0.2) is 22.8 Å². The minimum atomic E-state index is 0.696. The lowest BCUT2D eigenvalue weighted by Crippen LogP contribution is -1.99. The van der Waals surface area contributed by atoms with E-state index in [1.807, 2.05) is 0 Å². The highest BCUT2D eigenvalue weighted by molar-refractivity contribution is 5.41. The second kappa shape index (κ2) is 5.53. The van der Waals surface area contributed by atoms with E-state index in [0.717, 1.165) is 5.92 Å². The highest BCUT2D eigenvalue weighted by Gasteiger charge is 2.19. The fraction of sp³-hybridized carbons (Fsp3) is 0.733. The van der Waals surface area contributed by atoms with Gasteiger partial charge < -0.3 is 0 Å². The Balaban J connectivity index is 2.71. The highest BCUT2D eigenvalue weighted by Crippen LogP contribution is 2.36. The summed E-state index contributed by atoms with van der Waals surface area (Å²) in [5.74, 6) is 1.42. The Kier molecular flexibility index (Phi) is 4.63. The van der Waals surface area contributed by atoms with Gasteiger partial charge in [0.2, 0.25) is 0 Å². The number of rotatable bonds is 5. The second-order valence-electron chi connectivity index (χ2n) is 5.37. The van der Waals surface area contributed by atoms with Crippen molar-refractivity contribution in [2.75, 3.05) is 0 Å². The van der Waals surface area contributed by atoms with Gasteiger partial charge in [-0.05, 0) is 36.7 Å². The molecule has 0 nitrogen and oxygen atoms in total. The molecule has 0 spiro atoms.